The van der Waals surface area contributed by atoms with Crippen molar-refractivity contribution in [3.8, 4) is 11.5 Å². The normalized spacial score (nSPS) is 11.9. The summed E-state index contributed by atoms with van der Waals surface area (Å²) in [4.78, 5) is 16.5. The van der Waals surface area contributed by atoms with E-state index in [-0.39, 0.29) is 17.4 Å². The first-order valence-corrected chi connectivity index (χ1v) is 10.2. The Hall–Kier alpha value is -2.73. The Kier molecular flexibility index (Phi) is 6.19. The highest BCUT2D eigenvalue weighted by atomic mass is 32.2. The summed E-state index contributed by atoms with van der Waals surface area (Å²) in [7, 11) is -1.35. The van der Waals surface area contributed by atoms with Crippen LogP contribution in [0.1, 0.15) is 22.6 Å². The molecule has 0 saturated heterocycles. The van der Waals surface area contributed by atoms with Crippen molar-refractivity contribution in [2.75, 3.05) is 5.75 Å². The average molecular weight is 382 g/mol. The number of nitrogens with one attached hydrogen (secondary N) is 1. The summed E-state index contributed by atoms with van der Waals surface area (Å²) in [6.07, 6.45) is 0. The second-order valence-corrected chi connectivity index (χ2v) is 7.84. The van der Waals surface area contributed by atoms with Crippen LogP contribution in [0, 0.1) is 13.8 Å². The fourth-order valence-electron chi connectivity index (χ4n) is 2.58. The van der Waals surface area contributed by atoms with Crippen molar-refractivity contribution in [3.63, 3.8) is 0 Å². The third-order valence-electron chi connectivity index (χ3n) is 4.11. The summed E-state index contributed by atoms with van der Waals surface area (Å²) >= 11 is 0. The summed E-state index contributed by atoms with van der Waals surface area (Å²) in [6, 6.07) is 17.5. The van der Waals surface area contributed by atoms with Gasteiger partial charge in [-0.05, 0) is 31.5 Å². The highest BCUT2D eigenvalue weighted by molar-refractivity contribution is 7.84. The Morgan fingerprint density at radius 3 is 2.48 bits per heavy atom. The van der Waals surface area contributed by atoms with Gasteiger partial charge in [-0.15, -0.1) is 0 Å². The van der Waals surface area contributed by atoms with Gasteiger partial charge < -0.3 is 9.73 Å². The van der Waals surface area contributed by atoms with Gasteiger partial charge in [0.2, 0.25) is 11.8 Å². The molecule has 0 aliphatic carbocycles. The van der Waals surface area contributed by atoms with Crippen LogP contribution >= 0.6 is 0 Å². The molecule has 2 aromatic carbocycles. The summed E-state index contributed by atoms with van der Waals surface area (Å²) in [5.41, 5.74) is 3.66. The molecule has 0 spiro atoms. The molecule has 0 unspecified atom stereocenters. The number of rotatable bonds is 7. The number of hydrogen-bond donors (Lipinski definition) is 1. The third kappa shape index (κ3) is 5.37. The molecule has 0 radical (unpaired) electrons. The van der Waals surface area contributed by atoms with Gasteiger partial charge in [-0.1, -0.05) is 48.0 Å². The minimum absolute atomic E-state index is 0.0565. The van der Waals surface area contributed by atoms with Crippen molar-refractivity contribution in [2.45, 2.75) is 26.1 Å². The minimum Gasteiger partial charge on any atom is -0.441 e. The maximum atomic E-state index is 12.3. The number of carbonyl (C=O) groups excluding carboxylic acids is 1. The van der Waals surface area contributed by atoms with E-state index in [1.807, 2.05) is 61.5 Å². The minimum atomic E-state index is -1.35. The zero-order chi connectivity index (χ0) is 19.2. The molecular formula is C21H22N2O3S. The number of oxazole rings is 1. The van der Waals surface area contributed by atoms with Gasteiger partial charge in [-0.2, -0.15) is 0 Å². The van der Waals surface area contributed by atoms with E-state index in [0.29, 0.717) is 23.9 Å². The fourth-order valence-corrected chi connectivity index (χ4v) is 3.65. The summed E-state index contributed by atoms with van der Waals surface area (Å²) < 4.78 is 18.1. The molecule has 0 aliphatic heterocycles. The maximum absolute atomic E-state index is 12.3. The molecule has 1 amide bonds. The molecule has 1 atom stereocenters. The predicted octanol–water partition coefficient (Wildman–Crippen LogP) is 3.52. The van der Waals surface area contributed by atoms with Crippen LogP contribution in [0.3, 0.4) is 0 Å². The second-order valence-electron chi connectivity index (χ2n) is 6.38. The van der Waals surface area contributed by atoms with Gasteiger partial charge in [-0.25, -0.2) is 4.98 Å². The number of aromatic nitrogens is 1. The van der Waals surface area contributed by atoms with Gasteiger partial charge in [0.25, 0.3) is 0 Å². The Balaban J connectivity index is 1.56. The van der Waals surface area contributed by atoms with Crippen LogP contribution in [0.15, 0.2) is 59.0 Å². The van der Waals surface area contributed by atoms with E-state index in [2.05, 4.69) is 10.3 Å². The number of carbonyl (C=O) groups is 1. The lowest BCUT2D eigenvalue weighted by Crippen LogP contribution is -2.28. The van der Waals surface area contributed by atoms with Gasteiger partial charge in [-0.3, -0.25) is 9.00 Å². The largest absolute Gasteiger partial charge is 0.441 e. The highest BCUT2D eigenvalue weighted by Crippen LogP contribution is 2.22. The molecule has 140 valence electrons. The number of hydrogen-bond acceptors (Lipinski definition) is 4. The van der Waals surface area contributed by atoms with Crippen LogP contribution in [0.25, 0.3) is 11.5 Å². The van der Waals surface area contributed by atoms with Crippen LogP contribution in [0.4, 0.5) is 0 Å². The number of aryl methyl sites for hydroxylation is 2. The van der Waals surface area contributed by atoms with Crippen LogP contribution in [0.5, 0.6) is 0 Å². The molecule has 0 saturated carbocycles. The van der Waals surface area contributed by atoms with E-state index < -0.39 is 10.8 Å². The van der Waals surface area contributed by atoms with Crippen molar-refractivity contribution >= 4 is 16.7 Å². The first-order chi connectivity index (χ1) is 13.0. The Morgan fingerprint density at radius 1 is 1.07 bits per heavy atom. The Morgan fingerprint density at radius 2 is 1.78 bits per heavy atom. The SMILES string of the molecule is Cc1ccc(-c2nc(C[S@](=O)CC(=O)NCc3ccccc3)c(C)o2)cc1. The zero-order valence-corrected chi connectivity index (χ0v) is 16.2. The lowest BCUT2D eigenvalue weighted by Gasteiger charge is -2.05. The molecule has 5 nitrogen and oxygen atoms in total. The van der Waals surface area contributed by atoms with E-state index in [0.717, 1.165) is 16.7 Å². The summed E-state index contributed by atoms with van der Waals surface area (Å²) in [5.74, 6) is 1.03. The molecule has 0 aliphatic rings. The fraction of sp³-hybridized carbons (Fsp3) is 0.238. The van der Waals surface area contributed by atoms with Crippen LogP contribution in [0.2, 0.25) is 0 Å². The molecule has 6 heteroatoms. The Bertz CT molecular complexity index is 934. The van der Waals surface area contributed by atoms with E-state index in [4.69, 9.17) is 4.42 Å². The van der Waals surface area contributed by atoms with Gasteiger partial charge >= 0.3 is 0 Å². The standard InChI is InChI=1S/C21H22N2O3S/c1-15-8-10-18(11-9-15)21-23-19(16(2)26-21)13-27(25)14-20(24)22-12-17-6-4-3-5-7-17/h3-11H,12-14H2,1-2H3,(H,22,24)/t27-/m0/s1. The molecule has 3 rings (SSSR count). The van der Waals surface area contributed by atoms with E-state index in [1.54, 1.807) is 6.92 Å². The summed E-state index contributed by atoms with van der Waals surface area (Å²) in [5, 5.41) is 2.79. The lowest BCUT2D eigenvalue weighted by molar-refractivity contribution is -0.118. The van der Waals surface area contributed by atoms with Crippen LogP contribution < -0.4 is 5.32 Å². The average Bonchev–Trinajstić information content (AvgIpc) is 3.02. The van der Waals surface area contributed by atoms with Gasteiger partial charge in [0, 0.05) is 22.9 Å². The third-order valence-corrected chi connectivity index (χ3v) is 5.29. The van der Waals surface area contributed by atoms with Crippen molar-refractivity contribution in [3.05, 3.63) is 77.2 Å². The molecule has 0 bridgehead atoms. The van der Waals surface area contributed by atoms with Crippen LogP contribution in [-0.4, -0.2) is 20.9 Å². The van der Waals surface area contributed by atoms with E-state index in [1.165, 1.54) is 0 Å². The molecule has 3 aromatic rings. The van der Waals surface area contributed by atoms with E-state index >= 15 is 0 Å². The monoisotopic (exact) mass is 382 g/mol. The van der Waals surface area contributed by atoms with Crippen molar-refractivity contribution < 1.29 is 13.4 Å². The second kappa shape index (κ2) is 8.77. The zero-order valence-electron chi connectivity index (χ0n) is 15.4. The molecule has 27 heavy (non-hydrogen) atoms. The number of amides is 1. The quantitative estimate of drug-likeness (QED) is 0.679. The van der Waals surface area contributed by atoms with Gasteiger partial charge in [0.1, 0.15) is 11.5 Å². The molecule has 1 aromatic heterocycles. The number of benzene rings is 2. The van der Waals surface area contributed by atoms with Gasteiger partial charge in [0.15, 0.2) is 0 Å². The topological polar surface area (TPSA) is 72.2 Å². The lowest BCUT2D eigenvalue weighted by atomic mass is 10.1. The molecule has 1 heterocycles. The molecule has 1 N–H and O–H groups in total. The van der Waals surface area contributed by atoms with Crippen LogP contribution in [-0.2, 0) is 27.9 Å². The smallest absolute Gasteiger partial charge is 0.232 e. The van der Waals surface area contributed by atoms with Gasteiger partial charge in [0.05, 0.1) is 11.4 Å². The molecular weight excluding hydrogens is 360 g/mol. The molecule has 0 fully saturated rings. The first kappa shape index (κ1) is 19.0. The summed E-state index contributed by atoms with van der Waals surface area (Å²) in [6.45, 7) is 4.24. The predicted molar refractivity (Wildman–Crippen MR) is 106 cm³/mol. The van der Waals surface area contributed by atoms with Crippen molar-refractivity contribution in [1.29, 1.82) is 0 Å². The maximum Gasteiger partial charge on any atom is 0.232 e. The number of nitrogens with zero attached hydrogens (tertiary/aromatic N) is 1. The van der Waals surface area contributed by atoms with Crippen molar-refractivity contribution in [1.82, 2.24) is 10.3 Å². The highest BCUT2D eigenvalue weighted by Gasteiger charge is 2.16. The first-order valence-electron chi connectivity index (χ1n) is 8.70. The Labute approximate surface area is 161 Å². The van der Waals surface area contributed by atoms with E-state index in [9.17, 15) is 9.00 Å². The van der Waals surface area contributed by atoms with Crippen molar-refractivity contribution in [2.24, 2.45) is 0 Å².